The van der Waals surface area contributed by atoms with E-state index in [4.69, 9.17) is 12.2 Å². The average Bonchev–Trinajstić information content (AvgIpc) is 2.38. The van der Waals surface area contributed by atoms with Crippen molar-refractivity contribution in [2.45, 2.75) is 33.6 Å². The first kappa shape index (κ1) is 17.6. The molecule has 0 rings (SSSR count). The lowest BCUT2D eigenvalue weighted by Gasteiger charge is -2.25. The van der Waals surface area contributed by atoms with E-state index in [0.29, 0.717) is 0 Å². The van der Waals surface area contributed by atoms with Gasteiger partial charge in [0.25, 0.3) is 0 Å². The number of nitrogens with one attached hydrogen (secondary N) is 1. The summed E-state index contributed by atoms with van der Waals surface area (Å²) in [7, 11) is 0. The van der Waals surface area contributed by atoms with E-state index in [0.717, 1.165) is 42.3 Å². The first-order valence-electron chi connectivity index (χ1n) is 6.80. The molecule has 19 heavy (non-hydrogen) atoms. The molecule has 0 aliphatic carbocycles. The van der Waals surface area contributed by atoms with Gasteiger partial charge < -0.3 is 10.2 Å². The van der Waals surface area contributed by atoms with E-state index in [-0.39, 0.29) is 0 Å². The highest BCUT2D eigenvalue weighted by atomic mass is 32.1. The van der Waals surface area contributed by atoms with Gasteiger partial charge in [-0.3, -0.25) is 0 Å². The van der Waals surface area contributed by atoms with Gasteiger partial charge in [-0.25, -0.2) is 0 Å². The number of hydrogen-bond donors (Lipinski definition) is 1. The molecule has 0 unspecified atom stereocenters. The Morgan fingerprint density at radius 1 is 1.16 bits per heavy atom. The van der Waals surface area contributed by atoms with E-state index in [9.17, 15) is 0 Å². The molecule has 1 N–H and O–H groups in total. The quantitative estimate of drug-likeness (QED) is 0.529. The average molecular weight is 278 g/mol. The molecule has 0 radical (unpaired) electrons. The van der Waals surface area contributed by atoms with Gasteiger partial charge in [-0.1, -0.05) is 51.3 Å². The summed E-state index contributed by atoms with van der Waals surface area (Å²) in [5, 5.41) is 3.90. The van der Waals surface area contributed by atoms with Crippen molar-refractivity contribution in [2.75, 3.05) is 13.1 Å². The van der Waals surface area contributed by atoms with Gasteiger partial charge in [-0.05, 0) is 37.6 Å². The molecule has 3 heteroatoms. The van der Waals surface area contributed by atoms with Crippen molar-refractivity contribution < 1.29 is 0 Å². The topological polar surface area (TPSA) is 15.3 Å². The van der Waals surface area contributed by atoms with Gasteiger partial charge in [0, 0.05) is 18.8 Å². The minimum atomic E-state index is 0.731. The first-order valence-corrected chi connectivity index (χ1v) is 7.21. The molecule has 106 valence electrons. The van der Waals surface area contributed by atoms with Crippen LogP contribution in [0.15, 0.2) is 48.7 Å². The fourth-order valence-corrected chi connectivity index (χ4v) is 1.83. The second-order valence-electron chi connectivity index (χ2n) is 4.31. The van der Waals surface area contributed by atoms with Gasteiger partial charge >= 0.3 is 0 Å². The Morgan fingerprint density at radius 2 is 1.74 bits per heavy atom. The lowest BCUT2D eigenvalue weighted by Crippen LogP contribution is -2.40. The summed E-state index contributed by atoms with van der Waals surface area (Å²) in [6, 6.07) is 0. The monoisotopic (exact) mass is 278 g/mol. The summed E-state index contributed by atoms with van der Waals surface area (Å²) in [5.74, 6) is 0. The van der Waals surface area contributed by atoms with Gasteiger partial charge in [0.05, 0.1) is 0 Å². The summed E-state index contributed by atoms with van der Waals surface area (Å²) in [6.07, 6.45) is 9.94. The fourth-order valence-electron chi connectivity index (χ4n) is 1.53. The lowest BCUT2D eigenvalue weighted by molar-refractivity contribution is 0.414. The predicted molar refractivity (Wildman–Crippen MR) is 90.1 cm³/mol. The third-order valence-electron chi connectivity index (χ3n) is 2.52. The zero-order valence-corrected chi connectivity index (χ0v) is 13.2. The van der Waals surface area contributed by atoms with Crippen LogP contribution in [-0.4, -0.2) is 23.1 Å². The molecule has 0 fully saturated rings. The van der Waals surface area contributed by atoms with Crippen LogP contribution in [0.2, 0.25) is 0 Å². The number of nitrogens with zero attached hydrogens (tertiary/aromatic N) is 1. The molecule has 0 aliphatic rings. The normalized spacial score (nSPS) is 10.9. The van der Waals surface area contributed by atoms with E-state index in [1.165, 1.54) is 0 Å². The van der Waals surface area contributed by atoms with Crippen LogP contribution in [0.25, 0.3) is 0 Å². The Morgan fingerprint density at radius 3 is 2.21 bits per heavy atom. The van der Waals surface area contributed by atoms with Crippen molar-refractivity contribution in [3.05, 3.63) is 48.7 Å². The molecule has 0 heterocycles. The maximum absolute atomic E-state index is 5.41. The van der Waals surface area contributed by atoms with Crippen molar-refractivity contribution in [1.29, 1.82) is 0 Å². The van der Waals surface area contributed by atoms with E-state index < -0.39 is 0 Å². The van der Waals surface area contributed by atoms with Crippen molar-refractivity contribution in [2.24, 2.45) is 0 Å². The Labute approximate surface area is 123 Å². The zero-order valence-electron chi connectivity index (χ0n) is 12.4. The summed E-state index contributed by atoms with van der Waals surface area (Å²) in [6.45, 7) is 16.2. The third kappa shape index (κ3) is 7.62. The van der Waals surface area contributed by atoms with Crippen LogP contribution in [0.1, 0.15) is 33.6 Å². The zero-order chi connectivity index (χ0) is 14.7. The van der Waals surface area contributed by atoms with Crippen molar-refractivity contribution in [3.8, 4) is 0 Å². The predicted octanol–water partition coefficient (Wildman–Crippen LogP) is 4.19. The van der Waals surface area contributed by atoms with Gasteiger partial charge in [0.2, 0.25) is 0 Å². The molecule has 0 aromatic rings. The van der Waals surface area contributed by atoms with Crippen molar-refractivity contribution in [3.63, 3.8) is 0 Å². The largest absolute Gasteiger partial charge is 0.349 e. The number of thiocarbonyl (C=S) groups is 1. The van der Waals surface area contributed by atoms with Crippen LogP contribution in [0.4, 0.5) is 0 Å². The van der Waals surface area contributed by atoms with Crippen LogP contribution in [0.3, 0.4) is 0 Å². The van der Waals surface area contributed by atoms with Crippen LogP contribution in [0, 0.1) is 0 Å². The first-order chi connectivity index (χ1) is 9.06. The molecule has 0 saturated heterocycles. The Bertz CT molecular complexity index is 361. The van der Waals surface area contributed by atoms with Gasteiger partial charge in [-0.15, -0.1) is 0 Å². The van der Waals surface area contributed by atoms with Crippen LogP contribution < -0.4 is 5.32 Å². The highest BCUT2D eigenvalue weighted by Crippen LogP contribution is 2.05. The fraction of sp³-hybridized carbons (Fsp3) is 0.438. The maximum Gasteiger partial charge on any atom is 0.173 e. The molecular weight excluding hydrogens is 252 g/mol. The summed E-state index contributed by atoms with van der Waals surface area (Å²) in [5.41, 5.74) is 1.59. The smallest absolute Gasteiger partial charge is 0.173 e. The standard InChI is InChI=1S/C16H26N2S/c1-6-9-10-11-14(4)15(5)17-16(19)18(12-7-2)13-8-3/h6,9-11H,4-5,7-8,12-13H2,1-3H3,(H,17,19)/b9-6-,11-10-. The number of allylic oxidation sites excluding steroid dienone is 4. The van der Waals surface area contributed by atoms with Gasteiger partial charge in [-0.2, -0.15) is 0 Å². The van der Waals surface area contributed by atoms with Gasteiger partial charge in [0.1, 0.15) is 0 Å². The van der Waals surface area contributed by atoms with E-state index >= 15 is 0 Å². The Balaban J connectivity index is 4.44. The summed E-state index contributed by atoms with van der Waals surface area (Å²) < 4.78 is 0. The third-order valence-corrected chi connectivity index (χ3v) is 2.88. The van der Waals surface area contributed by atoms with E-state index in [1.807, 2.05) is 31.2 Å². The number of hydrogen-bond acceptors (Lipinski definition) is 1. The number of rotatable bonds is 8. The molecular formula is C16H26N2S. The molecule has 0 bridgehead atoms. The van der Waals surface area contributed by atoms with Gasteiger partial charge in [0.15, 0.2) is 5.11 Å². The lowest BCUT2D eigenvalue weighted by atomic mass is 10.2. The van der Waals surface area contributed by atoms with Crippen LogP contribution in [0.5, 0.6) is 0 Å². The van der Waals surface area contributed by atoms with E-state index in [2.05, 4.69) is 37.2 Å². The molecule has 0 aromatic carbocycles. The Kier molecular flexibility index (Phi) is 9.81. The SMILES string of the molecule is C=C(/C=C\C=C/C)C(=C)NC(=S)N(CCC)CCC. The van der Waals surface area contributed by atoms with E-state index in [1.54, 1.807) is 0 Å². The molecule has 0 atom stereocenters. The molecule has 0 saturated carbocycles. The second-order valence-corrected chi connectivity index (χ2v) is 4.69. The highest BCUT2D eigenvalue weighted by molar-refractivity contribution is 7.80. The summed E-state index contributed by atoms with van der Waals surface area (Å²) >= 11 is 5.41. The minimum Gasteiger partial charge on any atom is -0.349 e. The minimum absolute atomic E-state index is 0.731. The molecule has 2 nitrogen and oxygen atoms in total. The molecule has 0 amide bonds. The Hall–Kier alpha value is -1.35. The highest BCUT2D eigenvalue weighted by Gasteiger charge is 2.08. The molecule has 0 aliphatic heterocycles. The maximum atomic E-state index is 5.41. The van der Waals surface area contributed by atoms with Crippen LogP contribution >= 0.6 is 12.2 Å². The molecule has 0 spiro atoms. The summed E-state index contributed by atoms with van der Waals surface area (Å²) in [4.78, 5) is 2.17. The van der Waals surface area contributed by atoms with Crippen molar-refractivity contribution >= 4 is 17.3 Å². The molecule has 0 aromatic heterocycles. The van der Waals surface area contributed by atoms with Crippen LogP contribution in [-0.2, 0) is 0 Å². The van der Waals surface area contributed by atoms with Crippen molar-refractivity contribution in [1.82, 2.24) is 10.2 Å². The second kappa shape index (κ2) is 10.6.